The average Bonchev–Trinajstić information content (AvgIpc) is 2.82. The van der Waals surface area contributed by atoms with Crippen molar-refractivity contribution in [2.24, 2.45) is 0 Å². The molecule has 1 N–H and O–H groups in total. The molecular formula is C10H18ClN5OS. The molecule has 0 atom stereocenters. The van der Waals surface area contributed by atoms with Crippen LogP contribution < -0.4 is 5.32 Å². The van der Waals surface area contributed by atoms with Crippen LogP contribution in [0.1, 0.15) is 5.69 Å². The van der Waals surface area contributed by atoms with Crippen LogP contribution in [0.3, 0.4) is 0 Å². The van der Waals surface area contributed by atoms with Crippen LogP contribution in [-0.4, -0.2) is 65.1 Å². The lowest BCUT2D eigenvalue weighted by atomic mass is 10.3. The van der Waals surface area contributed by atoms with E-state index in [2.05, 4.69) is 14.9 Å². The first kappa shape index (κ1) is 15.3. The van der Waals surface area contributed by atoms with Gasteiger partial charge < -0.3 is 10.2 Å². The van der Waals surface area contributed by atoms with Gasteiger partial charge in [-0.05, 0) is 18.6 Å². The van der Waals surface area contributed by atoms with E-state index in [-0.39, 0.29) is 18.3 Å². The highest BCUT2D eigenvalue weighted by atomic mass is 35.5. The molecule has 0 unspecified atom stereocenters. The first-order valence-electron chi connectivity index (χ1n) is 5.68. The van der Waals surface area contributed by atoms with Crippen LogP contribution in [0, 0.1) is 0 Å². The van der Waals surface area contributed by atoms with Gasteiger partial charge in [-0.2, -0.15) is 0 Å². The molecule has 1 aromatic rings. The molecular weight excluding hydrogens is 274 g/mol. The van der Waals surface area contributed by atoms with Crippen molar-refractivity contribution in [3.05, 3.63) is 11.1 Å². The first-order chi connectivity index (χ1) is 8.25. The number of hydrogen-bond donors (Lipinski definition) is 1. The van der Waals surface area contributed by atoms with Crippen molar-refractivity contribution in [3.63, 3.8) is 0 Å². The Hall–Kier alpha value is -0.760. The summed E-state index contributed by atoms with van der Waals surface area (Å²) < 4.78 is 3.81. The lowest BCUT2D eigenvalue weighted by Crippen LogP contribution is -2.49. The summed E-state index contributed by atoms with van der Waals surface area (Å²) in [7, 11) is 1.93. The van der Waals surface area contributed by atoms with E-state index in [0.29, 0.717) is 13.1 Å². The normalized spacial score (nSPS) is 15.6. The van der Waals surface area contributed by atoms with Crippen molar-refractivity contribution < 1.29 is 4.79 Å². The summed E-state index contributed by atoms with van der Waals surface area (Å²) in [6.45, 7) is 4.53. The fourth-order valence-electron chi connectivity index (χ4n) is 1.83. The second-order valence-electron chi connectivity index (χ2n) is 4.20. The summed E-state index contributed by atoms with van der Waals surface area (Å²) in [5, 5.41) is 9.11. The van der Waals surface area contributed by atoms with Crippen molar-refractivity contribution >= 4 is 29.8 Å². The number of amides is 1. The van der Waals surface area contributed by atoms with Gasteiger partial charge in [0.2, 0.25) is 5.91 Å². The number of aromatic nitrogens is 2. The minimum atomic E-state index is 0. The number of hydrogen-bond acceptors (Lipinski definition) is 6. The smallest absolute Gasteiger partial charge is 0.236 e. The molecule has 1 aliphatic heterocycles. The molecule has 0 bridgehead atoms. The maximum absolute atomic E-state index is 12.0. The zero-order valence-corrected chi connectivity index (χ0v) is 12.0. The summed E-state index contributed by atoms with van der Waals surface area (Å²) in [4.78, 5) is 15.8. The molecule has 1 aromatic heterocycles. The topological polar surface area (TPSA) is 61.4 Å². The standard InChI is InChI=1S/C10H17N5OS.ClH/c1-14(6-9-8-17-13-12-9)7-10(16)15-4-2-11-3-5-15;/h8,11H,2-7H2,1H3;1H. The zero-order valence-electron chi connectivity index (χ0n) is 10.3. The third-order valence-electron chi connectivity index (χ3n) is 2.71. The second-order valence-corrected chi connectivity index (χ2v) is 4.81. The molecule has 1 aliphatic rings. The van der Waals surface area contributed by atoms with Crippen molar-refractivity contribution in [3.8, 4) is 0 Å². The van der Waals surface area contributed by atoms with Gasteiger partial charge in [0.05, 0.1) is 12.2 Å². The molecule has 102 valence electrons. The summed E-state index contributed by atoms with van der Waals surface area (Å²) in [5.74, 6) is 0.192. The molecule has 18 heavy (non-hydrogen) atoms. The molecule has 2 heterocycles. The summed E-state index contributed by atoms with van der Waals surface area (Å²) in [6, 6.07) is 0. The highest BCUT2D eigenvalue weighted by Crippen LogP contribution is 2.02. The molecule has 8 heteroatoms. The number of likely N-dealkylation sites (N-methyl/N-ethyl adjacent to an activating group) is 1. The monoisotopic (exact) mass is 291 g/mol. The molecule has 6 nitrogen and oxygen atoms in total. The lowest BCUT2D eigenvalue weighted by Gasteiger charge is -2.29. The maximum Gasteiger partial charge on any atom is 0.236 e. The number of rotatable bonds is 4. The fourth-order valence-corrected chi connectivity index (χ4v) is 2.27. The van der Waals surface area contributed by atoms with E-state index >= 15 is 0 Å². The van der Waals surface area contributed by atoms with E-state index in [1.165, 1.54) is 11.5 Å². The number of nitrogens with zero attached hydrogens (tertiary/aromatic N) is 4. The number of halogens is 1. The second kappa shape index (κ2) is 7.63. The van der Waals surface area contributed by atoms with Gasteiger partial charge in [-0.3, -0.25) is 9.69 Å². The molecule has 1 saturated heterocycles. The van der Waals surface area contributed by atoms with Crippen LogP contribution in [-0.2, 0) is 11.3 Å². The summed E-state index contributed by atoms with van der Waals surface area (Å²) >= 11 is 1.34. The molecule has 0 radical (unpaired) electrons. The largest absolute Gasteiger partial charge is 0.339 e. The Balaban J connectivity index is 0.00000162. The van der Waals surface area contributed by atoms with E-state index in [9.17, 15) is 4.79 Å². The average molecular weight is 292 g/mol. The van der Waals surface area contributed by atoms with Crippen molar-refractivity contribution in [2.45, 2.75) is 6.54 Å². The Morgan fingerprint density at radius 3 is 2.89 bits per heavy atom. The van der Waals surface area contributed by atoms with Crippen LogP contribution in [0.25, 0.3) is 0 Å². The predicted octanol–water partition coefficient (Wildman–Crippen LogP) is -0.177. The summed E-state index contributed by atoms with van der Waals surface area (Å²) in [6.07, 6.45) is 0. The van der Waals surface area contributed by atoms with Gasteiger partial charge in [0.1, 0.15) is 0 Å². The minimum absolute atomic E-state index is 0. The third kappa shape index (κ3) is 4.49. The maximum atomic E-state index is 12.0. The van der Waals surface area contributed by atoms with Crippen molar-refractivity contribution in [1.29, 1.82) is 0 Å². The van der Waals surface area contributed by atoms with Crippen LogP contribution in [0.2, 0.25) is 0 Å². The Bertz CT molecular complexity index is 355. The van der Waals surface area contributed by atoms with Gasteiger partial charge in [0, 0.05) is 38.1 Å². The van der Waals surface area contributed by atoms with Crippen LogP contribution in [0.4, 0.5) is 0 Å². The van der Waals surface area contributed by atoms with Gasteiger partial charge >= 0.3 is 0 Å². The van der Waals surface area contributed by atoms with Crippen LogP contribution in [0.5, 0.6) is 0 Å². The van der Waals surface area contributed by atoms with Crippen molar-refractivity contribution in [1.82, 2.24) is 24.7 Å². The molecule has 0 aromatic carbocycles. The van der Waals surface area contributed by atoms with Crippen LogP contribution in [0.15, 0.2) is 5.38 Å². The van der Waals surface area contributed by atoms with E-state index in [1.54, 1.807) is 0 Å². The number of carbonyl (C=O) groups excluding carboxylic acids is 1. The number of piperazine rings is 1. The highest BCUT2D eigenvalue weighted by molar-refractivity contribution is 7.03. The highest BCUT2D eigenvalue weighted by Gasteiger charge is 2.17. The van der Waals surface area contributed by atoms with Gasteiger partial charge in [0.25, 0.3) is 0 Å². The van der Waals surface area contributed by atoms with Gasteiger partial charge in [-0.1, -0.05) is 4.49 Å². The molecule has 2 rings (SSSR count). The van der Waals surface area contributed by atoms with E-state index in [0.717, 1.165) is 31.9 Å². The van der Waals surface area contributed by atoms with Crippen LogP contribution >= 0.6 is 23.9 Å². The summed E-state index contributed by atoms with van der Waals surface area (Å²) in [5.41, 5.74) is 0.922. The predicted molar refractivity (Wildman–Crippen MR) is 72.9 cm³/mol. The molecule has 1 amide bonds. The first-order valence-corrected chi connectivity index (χ1v) is 6.52. The quantitative estimate of drug-likeness (QED) is 0.834. The molecule has 1 fully saturated rings. The Labute approximate surface area is 117 Å². The van der Waals surface area contributed by atoms with E-state index in [4.69, 9.17) is 0 Å². The number of carbonyl (C=O) groups is 1. The fraction of sp³-hybridized carbons (Fsp3) is 0.700. The lowest BCUT2D eigenvalue weighted by molar-refractivity contribution is -0.132. The van der Waals surface area contributed by atoms with Gasteiger partial charge in [-0.15, -0.1) is 17.5 Å². The Kier molecular flexibility index (Phi) is 6.48. The van der Waals surface area contributed by atoms with Gasteiger partial charge in [0.15, 0.2) is 0 Å². The Morgan fingerprint density at radius 1 is 1.56 bits per heavy atom. The van der Waals surface area contributed by atoms with Gasteiger partial charge in [-0.25, -0.2) is 0 Å². The SMILES string of the molecule is CN(CC(=O)N1CCNCC1)Cc1csnn1.Cl. The molecule has 0 aliphatic carbocycles. The number of nitrogens with one attached hydrogen (secondary N) is 1. The Morgan fingerprint density at radius 2 is 2.28 bits per heavy atom. The van der Waals surface area contributed by atoms with E-state index in [1.807, 2.05) is 22.2 Å². The molecule has 0 saturated carbocycles. The van der Waals surface area contributed by atoms with Crippen molar-refractivity contribution in [2.75, 3.05) is 39.8 Å². The minimum Gasteiger partial charge on any atom is -0.339 e. The third-order valence-corrected chi connectivity index (χ3v) is 3.27. The molecule has 0 spiro atoms. The zero-order chi connectivity index (χ0) is 12.1. The van der Waals surface area contributed by atoms with E-state index < -0.39 is 0 Å².